The lowest BCUT2D eigenvalue weighted by atomic mass is 9.96. The standard InChI is InChI=1S/C15H31NO4/c1-7-19-13(17)15(5,16-6)9-8-10-18-11-12-20-14(2,3)4/h16H,7-12H2,1-6H3. The fourth-order valence-electron chi connectivity index (χ4n) is 1.66. The molecule has 5 heteroatoms. The van der Waals surface area contributed by atoms with Gasteiger partial charge < -0.3 is 19.5 Å². The van der Waals surface area contributed by atoms with E-state index in [9.17, 15) is 4.79 Å². The smallest absolute Gasteiger partial charge is 0.326 e. The van der Waals surface area contributed by atoms with Crippen LogP contribution in [-0.4, -0.2) is 50.6 Å². The second kappa shape index (κ2) is 9.32. The number of carbonyl (C=O) groups excluding carboxylic acids is 1. The van der Waals surface area contributed by atoms with Gasteiger partial charge in [0.05, 0.1) is 25.4 Å². The Morgan fingerprint density at radius 1 is 1.10 bits per heavy atom. The van der Waals surface area contributed by atoms with Gasteiger partial charge in [-0.2, -0.15) is 0 Å². The Balaban J connectivity index is 3.78. The first-order valence-corrected chi connectivity index (χ1v) is 7.33. The monoisotopic (exact) mass is 289 g/mol. The van der Waals surface area contributed by atoms with Crippen molar-refractivity contribution in [3.05, 3.63) is 0 Å². The van der Waals surface area contributed by atoms with Crippen molar-refractivity contribution in [2.24, 2.45) is 0 Å². The number of nitrogens with one attached hydrogen (secondary N) is 1. The molecular weight excluding hydrogens is 258 g/mol. The topological polar surface area (TPSA) is 56.8 Å². The normalized spacial score (nSPS) is 14.9. The molecule has 0 heterocycles. The Labute approximate surface area is 123 Å². The van der Waals surface area contributed by atoms with E-state index < -0.39 is 5.54 Å². The van der Waals surface area contributed by atoms with Gasteiger partial charge in [0.25, 0.3) is 0 Å². The summed E-state index contributed by atoms with van der Waals surface area (Å²) >= 11 is 0. The van der Waals surface area contributed by atoms with Crippen molar-refractivity contribution in [1.29, 1.82) is 0 Å². The first kappa shape index (κ1) is 19.4. The average Bonchev–Trinajstić information content (AvgIpc) is 2.36. The maximum Gasteiger partial charge on any atom is 0.326 e. The molecule has 0 rings (SSSR count). The summed E-state index contributed by atoms with van der Waals surface area (Å²) in [4.78, 5) is 11.8. The van der Waals surface area contributed by atoms with E-state index in [1.807, 2.05) is 34.6 Å². The molecule has 1 N–H and O–H groups in total. The van der Waals surface area contributed by atoms with Crippen LogP contribution in [0, 0.1) is 0 Å². The third kappa shape index (κ3) is 8.51. The van der Waals surface area contributed by atoms with Gasteiger partial charge in [-0.1, -0.05) is 0 Å². The van der Waals surface area contributed by atoms with Crippen molar-refractivity contribution >= 4 is 5.97 Å². The summed E-state index contributed by atoms with van der Waals surface area (Å²) < 4.78 is 16.1. The van der Waals surface area contributed by atoms with Crippen LogP contribution in [-0.2, 0) is 19.0 Å². The van der Waals surface area contributed by atoms with Crippen LogP contribution >= 0.6 is 0 Å². The van der Waals surface area contributed by atoms with Gasteiger partial charge in [0.2, 0.25) is 0 Å². The molecule has 0 radical (unpaired) electrons. The Morgan fingerprint density at radius 3 is 2.25 bits per heavy atom. The number of hydrogen-bond donors (Lipinski definition) is 1. The molecule has 0 aliphatic heterocycles. The first-order chi connectivity index (χ1) is 9.25. The minimum absolute atomic E-state index is 0.127. The van der Waals surface area contributed by atoms with Gasteiger partial charge in [-0.15, -0.1) is 0 Å². The summed E-state index contributed by atoms with van der Waals surface area (Å²) in [5.41, 5.74) is -0.765. The highest BCUT2D eigenvalue weighted by Gasteiger charge is 2.32. The fourth-order valence-corrected chi connectivity index (χ4v) is 1.66. The van der Waals surface area contributed by atoms with E-state index in [0.29, 0.717) is 32.8 Å². The lowest BCUT2D eigenvalue weighted by molar-refractivity contribution is -0.150. The van der Waals surface area contributed by atoms with E-state index in [1.165, 1.54) is 0 Å². The van der Waals surface area contributed by atoms with E-state index in [0.717, 1.165) is 6.42 Å². The SMILES string of the molecule is CCOC(=O)C(C)(CCCOCCOC(C)(C)C)NC. The van der Waals surface area contributed by atoms with Gasteiger partial charge in [0.1, 0.15) is 5.54 Å². The third-order valence-electron chi connectivity index (χ3n) is 3.01. The largest absolute Gasteiger partial charge is 0.465 e. The first-order valence-electron chi connectivity index (χ1n) is 7.33. The second-order valence-electron chi connectivity index (χ2n) is 5.98. The van der Waals surface area contributed by atoms with Crippen molar-refractivity contribution in [1.82, 2.24) is 5.32 Å². The van der Waals surface area contributed by atoms with Gasteiger partial charge in [0, 0.05) is 6.61 Å². The van der Waals surface area contributed by atoms with E-state index >= 15 is 0 Å². The van der Waals surface area contributed by atoms with Gasteiger partial charge in [-0.05, 0) is 54.5 Å². The molecule has 0 aromatic rings. The van der Waals surface area contributed by atoms with Crippen molar-refractivity contribution in [3.63, 3.8) is 0 Å². The average molecular weight is 289 g/mol. The molecule has 5 nitrogen and oxygen atoms in total. The lowest BCUT2D eigenvalue weighted by Crippen LogP contribution is -2.48. The van der Waals surface area contributed by atoms with Crippen LogP contribution in [0.15, 0.2) is 0 Å². The summed E-state index contributed by atoms with van der Waals surface area (Å²) in [7, 11) is 1.77. The Hall–Kier alpha value is -0.650. The highest BCUT2D eigenvalue weighted by atomic mass is 16.5. The molecule has 0 aliphatic carbocycles. The van der Waals surface area contributed by atoms with Crippen LogP contribution in [0.3, 0.4) is 0 Å². The Morgan fingerprint density at radius 2 is 1.75 bits per heavy atom. The summed E-state index contributed by atoms with van der Waals surface area (Å²) in [5, 5.41) is 3.03. The minimum atomic E-state index is -0.638. The molecule has 0 aliphatic rings. The van der Waals surface area contributed by atoms with Crippen LogP contribution in [0.5, 0.6) is 0 Å². The van der Waals surface area contributed by atoms with E-state index in [2.05, 4.69) is 5.32 Å². The van der Waals surface area contributed by atoms with Crippen LogP contribution in [0.1, 0.15) is 47.5 Å². The zero-order valence-electron chi connectivity index (χ0n) is 13.9. The molecule has 0 amide bonds. The van der Waals surface area contributed by atoms with Gasteiger partial charge >= 0.3 is 5.97 Å². The zero-order chi connectivity index (χ0) is 15.6. The molecule has 0 bridgehead atoms. The molecule has 0 spiro atoms. The number of esters is 1. The number of carbonyl (C=O) groups is 1. The quantitative estimate of drug-likeness (QED) is 0.493. The van der Waals surface area contributed by atoms with E-state index in [1.54, 1.807) is 7.05 Å². The summed E-state index contributed by atoms with van der Waals surface area (Å²) in [5.74, 6) is -0.210. The molecule has 120 valence electrons. The van der Waals surface area contributed by atoms with Gasteiger partial charge in [-0.3, -0.25) is 4.79 Å². The van der Waals surface area contributed by atoms with Crippen LogP contribution in [0.25, 0.3) is 0 Å². The molecule has 20 heavy (non-hydrogen) atoms. The highest BCUT2D eigenvalue weighted by Crippen LogP contribution is 2.14. The molecular formula is C15H31NO4. The zero-order valence-corrected chi connectivity index (χ0v) is 13.9. The summed E-state index contributed by atoms with van der Waals surface area (Å²) in [6.07, 6.45) is 1.48. The lowest BCUT2D eigenvalue weighted by Gasteiger charge is -2.26. The molecule has 0 saturated heterocycles. The van der Waals surface area contributed by atoms with Crippen LogP contribution in [0.2, 0.25) is 0 Å². The molecule has 0 fully saturated rings. The van der Waals surface area contributed by atoms with Crippen LogP contribution < -0.4 is 5.32 Å². The third-order valence-corrected chi connectivity index (χ3v) is 3.01. The Bertz CT molecular complexity index is 276. The van der Waals surface area contributed by atoms with Crippen LogP contribution in [0.4, 0.5) is 0 Å². The number of hydrogen-bond acceptors (Lipinski definition) is 5. The molecule has 0 saturated carbocycles. The number of likely N-dealkylation sites (N-methyl/N-ethyl adjacent to an activating group) is 1. The highest BCUT2D eigenvalue weighted by molar-refractivity contribution is 5.80. The fraction of sp³-hybridized carbons (Fsp3) is 0.933. The minimum Gasteiger partial charge on any atom is -0.465 e. The summed E-state index contributed by atoms with van der Waals surface area (Å²) in [6.45, 7) is 11.9. The van der Waals surface area contributed by atoms with Crippen molar-refractivity contribution < 1.29 is 19.0 Å². The maximum atomic E-state index is 11.8. The maximum absolute atomic E-state index is 11.8. The number of rotatable bonds is 10. The molecule has 1 unspecified atom stereocenters. The van der Waals surface area contributed by atoms with Gasteiger partial charge in [-0.25, -0.2) is 0 Å². The molecule has 0 aromatic heterocycles. The molecule has 0 aromatic carbocycles. The van der Waals surface area contributed by atoms with E-state index in [4.69, 9.17) is 14.2 Å². The predicted molar refractivity (Wildman–Crippen MR) is 79.9 cm³/mol. The summed E-state index contributed by atoms with van der Waals surface area (Å²) in [6, 6.07) is 0. The number of ether oxygens (including phenoxy) is 3. The second-order valence-corrected chi connectivity index (χ2v) is 5.98. The van der Waals surface area contributed by atoms with Gasteiger partial charge in [0.15, 0.2) is 0 Å². The van der Waals surface area contributed by atoms with E-state index in [-0.39, 0.29) is 11.6 Å². The predicted octanol–water partition coefficient (Wildman–Crippen LogP) is 2.14. The van der Waals surface area contributed by atoms with Crippen molar-refractivity contribution in [3.8, 4) is 0 Å². The van der Waals surface area contributed by atoms with Crippen molar-refractivity contribution in [2.75, 3.05) is 33.5 Å². The molecule has 1 atom stereocenters. The van der Waals surface area contributed by atoms with Crippen molar-refractivity contribution in [2.45, 2.75) is 58.6 Å². The Kier molecular flexibility index (Phi) is 9.01.